The van der Waals surface area contributed by atoms with Crippen molar-refractivity contribution in [3.8, 4) is 22.3 Å². The molecule has 2 heterocycles. The summed E-state index contributed by atoms with van der Waals surface area (Å²) in [5.74, 6) is 0. The first-order valence-corrected chi connectivity index (χ1v) is 20.4. The monoisotopic (exact) mass is 755 g/mol. The first-order chi connectivity index (χ1) is 29.2. The maximum atomic E-state index is 2.40. The van der Waals surface area contributed by atoms with Crippen molar-refractivity contribution in [3.05, 3.63) is 247 Å². The Balaban J connectivity index is 0.899. The van der Waals surface area contributed by atoms with Gasteiger partial charge in [-0.1, -0.05) is 127 Å². The minimum atomic E-state index is 0.907. The Morgan fingerprint density at radius 3 is 1.05 bits per heavy atom. The fourth-order valence-corrected chi connectivity index (χ4v) is 9.02. The van der Waals surface area contributed by atoms with Crippen molar-refractivity contribution in [2.45, 2.75) is 12.8 Å². The largest absolute Gasteiger partial charge is 0.311 e. The molecule has 11 rings (SSSR count). The van der Waals surface area contributed by atoms with E-state index < -0.39 is 0 Å². The summed E-state index contributed by atoms with van der Waals surface area (Å²) in [6.07, 6.45) is 1.81. The number of hydrogen-bond donors (Lipinski definition) is 0. The maximum Gasteiger partial charge on any atom is 0.0497 e. The molecule has 2 aliphatic rings. The molecule has 59 heavy (non-hydrogen) atoms. The lowest BCUT2D eigenvalue weighted by Gasteiger charge is -2.34. The Morgan fingerprint density at radius 2 is 0.610 bits per heavy atom. The number of benzene rings is 9. The summed E-state index contributed by atoms with van der Waals surface area (Å²) in [6, 6.07) is 81.5. The highest BCUT2D eigenvalue weighted by Gasteiger charge is 2.26. The normalized spacial score (nSPS) is 12.5. The van der Waals surface area contributed by atoms with Crippen molar-refractivity contribution in [3.63, 3.8) is 0 Å². The van der Waals surface area contributed by atoms with Gasteiger partial charge in [-0.05, 0) is 142 Å². The number of rotatable bonds is 7. The van der Waals surface area contributed by atoms with Crippen LogP contribution in [-0.2, 0) is 12.8 Å². The van der Waals surface area contributed by atoms with E-state index in [4.69, 9.17) is 0 Å². The van der Waals surface area contributed by atoms with E-state index in [9.17, 15) is 0 Å². The minimum absolute atomic E-state index is 0.907. The van der Waals surface area contributed by atoms with Crippen LogP contribution < -0.4 is 14.7 Å². The van der Waals surface area contributed by atoms with Crippen molar-refractivity contribution in [2.24, 2.45) is 0 Å². The van der Waals surface area contributed by atoms with Gasteiger partial charge in [0.25, 0.3) is 0 Å². The lowest BCUT2D eigenvalue weighted by molar-refractivity contribution is 1.09. The van der Waals surface area contributed by atoms with Crippen molar-refractivity contribution < 1.29 is 0 Å². The molecule has 9 aromatic carbocycles. The molecule has 0 aromatic heterocycles. The fourth-order valence-electron chi connectivity index (χ4n) is 9.02. The van der Waals surface area contributed by atoms with Gasteiger partial charge in [-0.3, -0.25) is 0 Å². The first-order valence-electron chi connectivity index (χ1n) is 20.4. The predicted molar refractivity (Wildman–Crippen MR) is 247 cm³/mol. The molecule has 0 atom stereocenters. The summed E-state index contributed by atoms with van der Waals surface area (Å²) >= 11 is 0. The van der Waals surface area contributed by atoms with Crippen molar-refractivity contribution in [1.29, 1.82) is 0 Å². The summed E-state index contributed by atoms with van der Waals surface area (Å²) in [4.78, 5) is 7.14. The average molecular weight is 756 g/mol. The average Bonchev–Trinajstić information content (AvgIpc) is 3.31. The standard InChI is InChI=1S/C56H41N3/c1-4-16-48(17-5-1)57(51-30-24-40(25-31-51)42-28-34-55-46(36-42)38-44-14-10-12-22-53(44)58(55)49-18-6-2-7-19-49)52-32-26-41(27-33-52)43-29-35-56-47(37-43)39-45-15-11-13-23-54(45)59(56)50-20-8-3-9-21-50/h1-37H,38-39H2. The quantitative estimate of drug-likeness (QED) is 0.160. The van der Waals surface area contributed by atoms with Crippen LogP contribution in [0.15, 0.2) is 224 Å². The van der Waals surface area contributed by atoms with E-state index >= 15 is 0 Å². The SMILES string of the molecule is c1ccc(N(c2ccc(-c3ccc4c(c3)Cc3ccccc3N4c3ccccc3)cc2)c2ccc(-c3ccc4c(c3)Cc3ccccc3N4c3ccccc3)cc2)cc1. The second kappa shape index (κ2) is 14.7. The van der Waals surface area contributed by atoms with Crippen LogP contribution in [0.3, 0.4) is 0 Å². The van der Waals surface area contributed by atoms with Crippen molar-refractivity contribution in [2.75, 3.05) is 14.7 Å². The van der Waals surface area contributed by atoms with Gasteiger partial charge in [-0.2, -0.15) is 0 Å². The van der Waals surface area contributed by atoms with Gasteiger partial charge in [0.2, 0.25) is 0 Å². The van der Waals surface area contributed by atoms with E-state index in [1.165, 1.54) is 78.6 Å². The van der Waals surface area contributed by atoms with Gasteiger partial charge in [0, 0.05) is 64.0 Å². The highest BCUT2D eigenvalue weighted by molar-refractivity contribution is 5.88. The van der Waals surface area contributed by atoms with Crippen LogP contribution in [0.25, 0.3) is 22.3 Å². The molecule has 0 unspecified atom stereocenters. The molecule has 0 saturated carbocycles. The molecule has 0 N–H and O–H groups in total. The lowest BCUT2D eigenvalue weighted by atomic mass is 9.92. The number of nitrogens with zero attached hydrogens (tertiary/aromatic N) is 3. The van der Waals surface area contributed by atoms with Crippen molar-refractivity contribution >= 4 is 51.2 Å². The number of anilines is 9. The summed E-state index contributed by atoms with van der Waals surface area (Å²) in [6.45, 7) is 0. The van der Waals surface area contributed by atoms with Gasteiger partial charge in [-0.25, -0.2) is 0 Å². The molecule has 0 aliphatic carbocycles. The highest BCUT2D eigenvalue weighted by Crippen LogP contribution is 2.47. The van der Waals surface area contributed by atoms with Gasteiger partial charge in [0.05, 0.1) is 0 Å². The van der Waals surface area contributed by atoms with Crippen LogP contribution >= 0.6 is 0 Å². The topological polar surface area (TPSA) is 9.72 Å². The minimum Gasteiger partial charge on any atom is -0.311 e. The Labute approximate surface area is 346 Å². The molecule has 9 aromatic rings. The van der Waals surface area contributed by atoms with Gasteiger partial charge in [-0.15, -0.1) is 0 Å². The third kappa shape index (κ3) is 6.34. The van der Waals surface area contributed by atoms with Crippen LogP contribution in [0.5, 0.6) is 0 Å². The van der Waals surface area contributed by atoms with Gasteiger partial charge >= 0.3 is 0 Å². The predicted octanol–water partition coefficient (Wildman–Crippen LogP) is 15.2. The third-order valence-corrected chi connectivity index (χ3v) is 11.8. The molecule has 280 valence electrons. The summed E-state index contributed by atoms with van der Waals surface area (Å²) in [5, 5.41) is 0. The molecule has 0 bridgehead atoms. The molecule has 0 spiro atoms. The maximum absolute atomic E-state index is 2.40. The van der Waals surface area contributed by atoms with Crippen LogP contribution in [0, 0.1) is 0 Å². The van der Waals surface area contributed by atoms with Crippen LogP contribution in [0.4, 0.5) is 51.2 Å². The van der Waals surface area contributed by atoms with E-state index in [1.807, 2.05) is 0 Å². The van der Waals surface area contributed by atoms with E-state index in [0.717, 1.165) is 29.9 Å². The molecule has 0 saturated heterocycles. The molecule has 0 amide bonds. The molecule has 3 nitrogen and oxygen atoms in total. The number of fused-ring (bicyclic) bond motifs is 4. The van der Waals surface area contributed by atoms with Crippen LogP contribution in [0.1, 0.15) is 22.3 Å². The molecular weight excluding hydrogens is 715 g/mol. The van der Waals surface area contributed by atoms with Crippen molar-refractivity contribution in [1.82, 2.24) is 0 Å². The second-order valence-corrected chi connectivity index (χ2v) is 15.4. The summed E-state index contributed by atoms with van der Waals surface area (Å²) < 4.78 is 0. The smallest absolute Gasteiger partial charge is 0.0497 e. The van der Waals surface area contributed by atoms with E-state index in [2.05, 4.69) is 239 Å². The fraction of sp³-hybridized carbons (Fsp3) is 0.0357. The van der Waals surface area contributed by atoms with Gasteiger partial charge in [0.1, 0.15) is 0 Å². The van der Waals surface area contributed by atoms with E-state index in [0.29, 0.717) is 0 Å². The zero-order valence-corrected chi connectivity index (χ0v) is 32.6. The third-order valence-electron chi connectivity index (χ3n) is 11.8. The zero-order valence-electron chi connectivity index (χ0n) is 32.6. The van der Waals surface area contributed by atoms with Crippen LogP contribution in [-0.4, -0.2) is 0 Å². The molecule has 0 fully saturated rings. The highest BCUT2D eigenvalue weighted by atomic mass is 15.2. The van der Waals surface area contributed by atoms with E-state index in [-0.39, 0.29) is 0 Å². The Hall–Kier alpha value is -7.62. The zero-order chi connectivity index (χ0) is 39.1. The molecule has 2 aliphatic heterocycles. The number of para-hydroxylation sites is 5. The second-order valence-electron chi connectivity index (χ2n) is 15.4. The Morgan fingerprint density at radius 1 is 0.271 bits per heavy atom. The molecular formula is C56H41N3. The molecule has 0 radical (unpaired) electrons. The Bertz CT molecular complexity index is 2740. The van der Waals surface area contributed by atoms with Gasteiger partial charge < -0.3 is 14.7 Å². The first kappa shape index (κ1) is 34.6. The number of hydrogen-bond acceptors (Lipinski definition) is 3. The molecule has 3 heteroatoms. The van der Waals surface area contributed by atoms with Gasteiger partial charge in [0.15, 0.2) is 0 Å². The lowest BCUT2D eigenvalue weighted by Crippen LogP contribution is -2.18. The summed E-state index contributed by atoms with van der Waals surface area (Å²) in [7, 11) is 0. The van der Waals surface area contributed by atoms with Crippen LogP contribution in [0.2, 0.25) is 0 Å². The summed E-state index contributed by atoms with van der Waals surface area (Å²) in [5.41, 5.74) is 20.9. The Kier molecular flexibility index (Phi) is 8.63. The van der Waals surface area contributed by atoms with E-state index in [1.54, 1.807) is 0 Å².